The molecule has 1 aliphatic rings. The van der Waals surface area contributed by atoms with E-state index in [9.17, 15) is 4.79 Å². The molecule has 1 aliphatic heterocycles. The lowest BCUT2D eigenvalue weighted by atomic mass is 10.2. The Morgan fingerprint density at radius 2 is 2.19 bits per heavy atom. The van der Waals surface area contributed by atoms with Gasteiger partial charge in [-0.05, 0) is 53.0 Å². The van der Waals surface area contributed by atoms with Crippen molar-refractivity contribution in [2.75, 3.05) is 19.8 Å². The molecule has 2 aromatic heterocycles. The van der Waals surface area contributed by atoms with E-state index >= 15 is 0 Å². The van der Waals surface area contributed by atoms with Crippen molar-refractivity contribution in [1.29, 1.82) is 0 Å². The molecule has 3 aromatic rings. The number of nitrogens with one attached hydrogen (secondary N) is 1. The van der Waals surface area contributed by atoms with Gasteiger partial charge in [-0.25, -0.2) is 0 Å². The maximum absolute atomic E-state index is 12.8. The van der Waals surface area contributed by atoms with Crippen LogP contribution in [0.5, 0.6) is 5.75 Å². The number of thiophene rings is 1. The highest BCUT2D eigenvalue weighted by Gasteiger charge is 2.20. The van der Waals surface area contributed by atoms with E-state index in [2.05, 4.69) is 27.3 Å². The number of nitrogens with zero attached hydrogens (tertiary/aromatic N) is 1. The standard InChI is InChI=1S/C20H21BrN2O3S/c21-19-12-16-18(27-19)11-17(20(24)22-13-15-7-4-9-25-15)23(16)8-10-26-14-5-2-1-3-6-14/h1-3,5-6,11-12,15H,4,7-10,13H2,(H,22,24)/t15-/m0/s1. The summed E-state index contributed by atoms with van der Waals surface area (Å²) in [6.45, 7) is 2.44. The van der Waals surface area contributed by atoms with Gasteiger partial charge >= 0.3 is 0 Å². The number of carbonyl (C=O) groups excluding carboxylic acids is 1. The van der Waals surface area contributed by atoms with Gasteiger partial charge in [0.25, 0.3) is 5.91 Å². The summed E-state index contributed by atoms with van der Waals surface area (Å²) in [6.07, 6.45) is 2.21. The monoisotopic (exact) mass is 448 g/mol. The predicted octanol–water partition coefficient (Wildman–Crippen LogP) is 4.45. The van der Waals surface area contributed by atoms with Crippen LogP contribution in [0.2, 0.25) is 0 Å². The highest BCUT2D eigenvalue weighted by Crippen LogP contribution is 2.32. The van der Waals surface area contributed by atoms with Crippen LogP contribution < -0.4 is 10.1 Å². The third-order valence-electron chi connectivity index (χ3n) is 4.63. The zero-order valence-corrected chi connectivity index (χ0v) is 17.2. The molecule has 1 atom stereocenters. The van der Waals surface area contributed by atoms with Gasteiger partial charge in [-0.2, -0.15) is 0 Å². The summed E-state index contributed by atoms with van der Waals surface area (Å²) >= 11 is 5.16. The quantitative estimate of drug-likeness (QED) is 0.580. The molecule has 7 heteroatoms. The Hall–Kier alpha value is -1.83. The molecule has 1 aromatic carbocycles. The van der Waals surface area contributed by atoms with Crippen LogP contribution in [-0.4, -0.2) is 36.3 Å². The number of hydrogen-bond acceptors (Lipinski definition) is 4. The zero-order valence-electron chi connectivity index (χ0n) is 14.8. The summed E-state index contributed by atoms with van der Waals surface area (Å²) < 4.78 is 15.6. The summed E-state index contributed by atoms with van der Waals surface area (Å²) in [5.41, 5.74) is 1.71. The number of aromatic nitrogens is 1. The molecule has 3 heterocycles. The second-order valence-corrected chi connectivity index (χ2v) is 8.95. The van der Waals surface area contributed by atoms with Crippen molar-refractivity contribution in [3.05, 3.63) is 51.9 Å². The minimum Gasteiger partial charge on any atom is -0.492 e. The van der Waals surface area contributed by atoms with E-state index in [1.165, 1.54) is 0 Å². The molecule has 4 rings (SSSR count). The van der Waals surface area contributed by atoms with Gasteiger partial charge in [-0.15, -0.1) is 11.3 Å². The summed E-state index contributed by atoms with van der Waals surface area (Å²) in [7, 11) is 0. The van der Waals surface area contributed by atoms with E-state index in [0.717, 1.165) is 39.2 Å². The van der Waals surface area contributed by atoms with E-state index in [1.54, 1.807) is 11.3 Å². The summed E-state index contributed by atoms with van der Waals surface area (Å²) in [5.74, 6) is 0.765. The number of ether oxygens (including phenoxy) is 2. The van der Waals surface area contributed by atoms with Gasteiger partial charge in [-0.1, -0.05) is 18.2 Å². The largest absolute Gasteiger partial charge is 0.492 e. The molecular formula is C20H21BrN2O3S. The van der Waals surface area contributed by atoms with Crippen molar-refractivity contribution >= 4 is 43.4 Å². The van der Waals surface area contributed by atoms with Crippen molar-refractivity contribution in [2.45, 2.75) is 25.5 Å². The van der Waals surface area contributed by atoms with E-state index in [0.29, 0.717) is 25.4 Å². The lowest BCUT2D eigenvalue weighted by molar-refractivity contribution is 0.0850. The van der Waals surface area contributed by atoms with E-state index < -0.39 is 0 Å². The van der Waals surface area contributed by atoms with Crippen molar-refractivity contribution in [1.82, 2.24) is 9.88 Å². The van der Waals surface area contributed by atoms with Crippen molar-refractivity contribution in [3.63, 3.8) is 0 Å². The van der Waals surface area contributed by atoms with E-state index in [-0.39, 0.29) is 12.0 Å². The molecular weight excluding hydrogens is 428 g/mol. The predicted molar refractivity (Wildman–Crippen MR) is 111 cm³/mol. The molecule has 142 valence electrons. The molecule has 1 N–H and O–H groups in total. The minimum absolute atomic E-state index is 0.0651. The Morgan fingerprint density at radius 3 is 2.96 bits per heavy atom. The Kier molecular flexibility index (Phi) is 5.80. The summed E-state index contributed by atoms with van der Waals surface area (Å²) in [4.78, 5) is 12.8. The molecule has 27 heavy (non-hydrogen) atoms. The number of amides is 1. The number of fused-ring (bicyclic) bond motifs is 1. The fraction of sp³-hybridized carbons (Fsp3) is 0.350. The molecule has 1 fully saturated rings. The topological polar surface area (TPSA) is 52.5 Å². The maximum Gasteiger partial charge on any atom is 0.268 e. The first-order valence-corrected chi connectivity index (χ1v) is 10.7. The SMILES string of the molecule is O=C(NC[C@@H]1CCCO1)c1cc2sc(Br)cc2n1CCOc1ccccc1. The second-order valence-electron chi connectivity index (χ2n) is 6.49. The molecule has 1 saturated heterocycles. The van der Waals surface area contributed by atoms with Gasteiger partial charge in [0, 0.05) is 13.2 Å². The van der Waals surface area contributed by atoms with Crippen LogP contribution in [0, 0.1) is 0 Å². The molecule has 0 aliphatic carbocycles. The Morgan fingerprint density at radius 1 is 1.33 bits per heavy atom. The third kappa shape index (κ3) is 4.36. The van der Waals surface area contributed by atoms with Gasteiger partial charge in [0.15, 0.2) is 0 Å². The average Bonchev–Trinajstić information content (AvgIpc) is 3.38. The number of carbonyl (C=O) groups is 1. The smallest absolute Gasteiger partial charge is 0.268 e. The van der Waals surface area contributed by atoms with Gasteiger partial charge in [0.1, 0.15) is 18.1 Å². The van der Waals surface area contributed by atoms with Crippen LogP contribution >= 0.6 is 27.3 Å². The second kappa shape index (κ2) is 8.46. The van der Waals surface area contributed by atoms with Crippen molar-refractivity contribution in [2.24, 2.45) is 0 Å². The van der Waals surface area contributed by atoms with Crippen LogP contribution in [0.1, 0.15) is 23.3 Å². The first kappa shape index (κ1) is 18.5. The minimum atomic E-state index is -0.0651. The number of para-hydroxylation sites is 1. The molecule has 0 radical (unpaired) electrons. The van der Waals surface area contributed by atoms with Crippen molar-refractivity contribution < 1.29 is 14.3 Å². The van der Waals surface area contributed by atoms with Crippen LogP contribution in [0.3, 0.4) is 0 Å². The Balaban J connectivity index is 1.48. The first-order chi connectivity index (χ1) is 13.2. The third-order valence-corrected chi connectivity index (χ3v) is 6.21. The van der Waals surface area contributed by atoms with Gasteiger partial charge in [-0.3, -0.25) is 4.79 Å². The van der Waals surface area contributed by atoms with E-state index in [4.69, 9.17) is 9.47 Å². The molecule has 0 bridgehead atoms. The molecule has 0 saturated carbocycles. The first-order valence-electron chi connectivity index (χ1n) is 9.07. The van der Waals surface area contributed by atoms with Crippen LogP contribution in [0.25, 0.3) is 10.2 Å². The number of benzene rings is 1. The van der Waals surface area contributed by atoms with Gasteiger partial charge in [0.05, 0.1) is 26.7 Å². The lowest BCUT2D eigenvalue weighted by Crippen LogP contribution is -2.33. The Labute approximate surface area is 170 Å². The van der Waals surface area contributed by atoms with Gasteiger partial charge < -0.3 is 19.4 Å². The number of hydrogen-bond donors (Lipinski definition) is 1. The number of halogens is 1. The fourth-order valence-corrected chi connectivity index (χ4v) is 4.88. The fourth-order valence-electron chi connectivity index (χ4n) is 3.31. The van der Waals surface area contributed by atoms with Crippen LogP contribution in [-0.2, 0) is 11.3 Å². The Bertz CT molecular complexity index is 916. The average molecular weight is 449 g/mol. The summed E-state index contributed by atoms with van der Waals surface area (Å²) in [6, 6.07) is 13.7. The lowest BCUT2D eigenvalue weighted by Gasteiger charge is -2.14. The molecule has 0 spiro atoms. The maximum atomic E-state index is 12.8. The van der Waals surface area contributed by atoms with Crippen molar-refractivity contribution in [3.8, 4) is 5.75 Å². The highest BCUT2D eigenvalue weighted by molar-refractivity contribution is 9.11. The molecule has 1 amide bonds. The highest BCUT2D eigenvalue weighted by atomic mass is 79.9. The zero-order chi connectivity index (χ0) is 18.6. The van der Waals surface area contributed by atoms with E-state index in [1.807, 2.05) is 41.0 Å². The summed E-state index contributed by atoms with van der Waals surface area (Å²) in [5, 5.41) is 3.02. The van der Waals surface area contributed by atoms with Crippen LogP contribution in [0.4, 0.5) is 0 Å². The number of rotatable bonds is 7. The normalized spacial score (nSPS) is 16.7. The van der Waals surface area contributed by atoms with Crippen LogP contribution in [0.15, 0.2) is 46.3 Å². The van der Waals surface area contributed by atoms with Gasteiger partial charge in [0.2, 0.25) is 0 Å². The molecule has 5 nitrogen and oxygen atoms in total. The molecule has 0 unspecified atom stereocenters.